The van der Waals surface area contributed by atoms with Crippen LogP contribution in [0.3, 0.4) is 0 Å². The van der Waals surface area contributed by atoms with E-state index in [1.807, 2.05) is 0 Å². The van der Waals surface area contributed by atoms with Crippen LogP contribution in [0.4, 0.5) is 14.5 Å². The zero-order chi connectivity index (χ0) is 13.0. The highest BCUT2D eigenvalue weighted by Gasteiger charge is 2.19. The van der Waals surface area contributed by atoms with Gasteiger partial charge in [0.25, 0.3) is 6.43 Å². The molecule has 0 saturated heterocycles. The third-order valence-electron chi connectivity index (χ3n) is 1.96. The van der Waals surface area contributed by atoms with Gasteiger partial charge in [-0.1, -0.05) is 0 Å². The van der Waals surface area contributed by atoms with Crippen LogP contribution in [0.1, 0.15) is 24.6 Å². The first kappa shape index (κ1) is 13.8. The van der Waals surface area contributed by atoms with E-state index in [0.717, 1.165) is 0 Å². The van der Waals surface area contributed by atoms with E-state index >= 15 is 0 Å². The van der Waals surface area contributed by atoms with Crippen LogP contribution in [0.15, 0.2) is 10.7 Å². The maximum absolute atomic E-state index is 12.7. The summed E-state index contributed by atoms with van der Waals surface area (Å²) in [4.78, 5) is 14.9. The molecule has 0 aliphatic carbocycles. The number of hydrogen-bond acceptors (Lipinski definition) is 4. The Morgan fingerprint density at radius 1 is 1.65 bits per heavy atom. The first-order valence-corrected chi connectivity index (χ1v) is 5.63. The maximum Gasteiger partial charge on any atom is 0.310 e. The molecule has 94 valence electrons. The molecule has 0 radical (unpaired) electrons. The number of aromatic nitrogens is 1. The van der Waals surface area contributed by atoms with E-state index in [1.165, 1.54) is 6.07 Å². The summed E-state index contributed by atoms with van der Waals surface area (Å²) in [6.45, 7) is 1.84. The summed E-state index contributed by atoms with van der Waals surface area (Å²) in [6.07, 6.45) is -3.03. The number of esters is 1. The van der Waals surface area contributed by atoms with E-state index in [-0.39, 0.29) is 28.9 Å². The minimum absolute atomic E-state index is 0.0825. The van der Waals surface area contributed by atoms with E-state index in [1.54, 1.807) is 6.92 Å². The van der Waals surface area contributed by atoms with Gasteiger partial charge in [0, 0.05) is 0 Å². The van der Waals surface area contributed by atoms with Crippen LogP contribution >= 0.6 is 15.9 Å². The molecule has 0 unspecified atom stereocenters. The molecule has 2 N–H and O–H groups in total. The van der Waals surface area contributed by atoms with Gasteiger partial charge in [-0.25, -0.2) is 13.8 Å². The van der Waals surface area contributed by atoms with Crippen LogP contribution in [0.25, 0.3) is 0 Å². The molecule has 1 rings (SSSR count). The van der Waals surface area contributed by atoms with Gasteiger partial charge in [0.2, 0.25) is 0 Å². The van der Waals surface area contributed by atoms with Crippen LogP contribution in [0.5, 0.6) is 0 Å². The summed E-state index contributed by atoms with van der Waals surface area (Å²) in [7, 11) is 0. The average molecular weight is 309 g/mol. The van der Waals surface area contributed by atoms with Gasteiger partial charge in [-0.15, -0.1) is 0 Å². The van der Waals surface area contributed by atoms with Crippen molar-refractivity contribution >= 4 is 27.6 Å². The van der Waals surface area contributed by atoms with Gasteiger partial charge < -0.3 is 10.5 Å². The smallest absolute Gasteiger partial charge is 0.310 e. The van der Waals surface area contributed by atoms with Gasteiger partial charge in [-0.3, -0.25) is 4.79 Å². The number of pyridine rings is 1. The van der Waals surface area contributed by atoms with Crippen molar-refractivity contribution in [2.75, 3.05) is 12.3 Å². The molecule has 0 saturated carbocycles. The third-order valence-corrected chi connectivity index (χ3v) is 2.60. The molecule has 17 heavy (non-hydrogen) atoms. The maximum atomic E-state index is 12.7. The van der Waals surface area contributed by atoms with E-state index in [2.05, 4.69) is 25.7 Å². The lowest BCUT2D eigenvalue weighted by atomic mass is 10.1. The number of rotatable bonds is 4. The largest absolute Gasteiger partial charge is 0.466 e. The van der Waals surface area contributed by atoms with E-state index < -0.39 is 18.1 Å². The predicted octanol–water partition coefficient (Wildman–Crippen LogP) is 2.47. The second-order valence-corrected chi connectivity index (χ2v) is 3.95. The summed E-state index contributed by atoms with van der Waals surface area (Å²) in [5.41, 5.74) is 5.36. The van der Waals surface area contributed by atoms with Crippen molar-refractivity contribution < 1.29 is 18.3 Å². The zero-order valence-corrected chi connectivity index (χ0v) is 10.6. The molecule has 4 nitrogen and oxygen atoms in total. The molecule has 0 aromatic carbocycles. The number of alkyl halides is 2. The molecule has 1 heterocycles. The normalized spacial score (nSPS) is 10.6. The van der Waals surface area contributed by atoms with Gasteiger partial charge in [-0.2, -0.15) is 0 Å². The average Bonchev–Trinajstić information content (AvgIpc) is 2.23. The number of hydrogen-bond donors (Lipinski definition) is 1. The number of nitrogens with two attached hydrogens (primary N) is 1. The molecular formula is C10H11BrF2N2O2. The number of halogens is 3. The molecule has 1 aromatic heterocycles. The number of nitrogens with zero attached hydrogens (tertiary/aromatic N) is 1. The Labute approximate surface area is 105 Å². The molecule has 0 bridgehead atoms. The SMILES string of the molecule is CCOC(=O)Cc1cc(N)c(Br)nc1C(F)F. The summed E-state index contributed by atoms with van der Waals surface area (Å²) >= 11 is 2.96. The molecule has 7 heteroatoms. The van der Waals surface area contributed by atoms with Crippen molar-refractivity contribution in [1.82, 2.24) is 4.98 Å². The summed E-state index contributed by atoms with van der Waals surface area (Å²) in [5, 5.41) is 0. The molecule has 0 spiro atoms. The highest BCUT2D eigenvalue weighted by molar-refractivity contribution is 9.10. The second kappa shape index (κ2) is 5.90. The Morgan fingerprint density at radius 2 is 2.29 bits per heavy atom. The van der Waals surface area contributed by atoms with Gasteiger partial charge in [0.1, 0.15) is 10.3 Å². The Balaban J connectivity index is 3.04. The minimum Gasteiger partial charge on any atom is -0.466 e. The van der Waals surface area contributed by atoms with Crippen LogP contribution in [-0.2, 0) is 16.0 Å². The topological polar surface area (TPSA) is 65.2 Å². The third kappa shape index (κ3) is 3.62. The number of nitrogen functional groups attached to an aromatic ring is 1. The van der Waals surface area contributed by atoms with Crippen molar-refractivity contribution in [3.63, 3.8) is 0 Å². The van der Waals surface area contributed by atoms with Crippen molar-refractivity contribution in [1.29, 1.82) is 0 Å². The Kier molecular flexibility index (Phi) is 4.80. The Bertz CT molecular complexity index is 427. The van der Waals surface area contributed by atoms with E-state index in [0.29, 0.717) is 0 Å². The van der Waals surface area contributed by atoms with Crippen molar-refractivity contribution in [2.45, 2.75) is 19.8 Å². The Hall–Kier alpha value is -1.24. The van der Waals surface area contributed by atoms with Crippen LogP contribution in [0, 0.1) is 0 Å². The number of carbonyl (C=O) groups is 1. The molecular weight excluding hydrogens is 298 g/mol. The highest BCUT2D eigenvalue weighted by Crippen LogP contribution is 2.27. The lowest BCUT2D eigenvalue weighted by Gasteiger charge is -2.09. The van der Waals surface area contributed by atoms with Gasteiger partial charge in [0.05, 0.1) is 18.7 Å². The van der Waals surface area contributed by atoms with E-state index in [9.17, 15) is 13.6 Å². The zero-order valence-electron chi connectivity index (χ0n) is 9.04. The summed E-state index contributed by atoms with van der Waals surface area (Å²) < 4.78 is 30.2. The predicted molar refractivity (Wildman–Crippen MR) is 61.6 cm³/mol. The van der Waals surface area contributed by atoms with Gasteiger partial charge >= 0.3 is 5.97 Å². The molecule has 0 fully saturated rings. The quantitative estimate of drug-likeness (QED) is 0.685. The van der Waals surface area contributed by atoms with Gasteiger partial charge in [0.15, 0.2) is 0 Å². The monoisotopic (exact) mass is 308 g/mol. The fraction of sp³-hybridized carbons (Fsp3) is 0.400. The summed E-state index contributed by atoms with van der Waals surface area (Å²) in [5.74, 6) is -0.585. The van der Waals surface area contributed by atoms with E-state index in [4.69, 9.17) is 5.73 Å². The molecule has 1 aromatic rings. The fourth-order valence-electron chi connectivity index (χ4n) is 1.26. The van der Waals surface area contributed by atoms with Crippen LogP contribution < -0.4 is 5.73 Å². The first-order chi connectivity index (χ1) is 7.95. The lowest BCUT2D eigenvalue weighted by Crippen LogP contribution is -2.11. The standard InChI is InChI=1S/C10H11BrF2N2O2/c1-2-17-7(16)4-5-3-6(14)9(11)15-8(5)10(12)13/h3,10H,2,4,14H2,1H3. The number of ether oxygens (including phenoxy) is 1. The fourth-order valence-corrected chi connectivity index (χ4v) is 1.57. The molecule has 0 amide bonds. The van der Waals surface area contributed by atoms with Crippen molar-refractivity contribution in [3.05, 3.63) is 21.9 Å². The summed E-state index contributed by atoms with van der Waals surface area (Å²) in [6, 6.07) is 1.30. The van der Waals surface area contributed by atoms with Gasteiger partial charge in [-0.05, 0) is 34.5 Å². The minimum atomic E-state index is -2.77. The molecule has 0 aliphatic rings. The molecule has 0 atom stereocenters. The van der Waals surface area contributed by atoms with Crippen LogP contribution in [-0.4, -0.2) is 17.6 Å². The number of anilines is 1. The number of carbonyl (C=O) groups excluding carboxylic acids is 1. The molecule has 0 aliphatic heterocycles. The van der Waals surface area contributed by atoms with Crippen molar-refractivity contribution in [2.24, 2.45) is 0 Å². The van der Waals surface area contributed by atoms with Crippen molar-refractivity contribution in [3.8, 4) is 0 Å². The Morgan fingerprint density at radius 3 is 2.82 bits per heavy atom. The lowest BCUT2D eigenvalue weighted by molar-refractivity contribution is -0.142. The van der Waals surface area contributed by atoms with Crippen LogP contribution in [0.2, 0.25) is 0 Å². The second-order valence-electron chi connectivity index (χ2n) is 3.20. The first-order valence-electron chi connectivity index (χ1n) is 4.84. The highest BCUT2D eigenvalue weighted by atomic mass is 79.9.